The highest BCUT2D eigenvalue weighted by atomic mass is 19.4. The Kier molecular flexibility index (Phi) is 4.57. The van der Waals surface area contributed by atoms with Gasteiger partial charge in [-0.2, -0.15) is 18.4 Å². The third-order valence-corrected chi connectivity index (χ3v) is 3.11. The van der Waals surface area contributed by atoms with E-state index in [4.69, 9.17) is 10.4 Å². The molecule has 4 nitrogen and oxygen atoms in total. The summed E-state index contributed by atoms with van der Waals surface area (Å²) in [5.74, 6) is -0.811. The number of carbonyl (C=O) groups is 1. The van der Waals surface area contributed by atoms with Crippen molar-refractivity contribution < 1.29 is 23.1 Å². The fourth-order valence-electron chi connectivity index (χ4n) is 2.24. The van der Waals surface area contributed by atoms with Crippen LogP contribution in [0.5, 0.6) is 0 Å². The van der Waals surface area contributed by atoms with Gasteiger partial charge in [0.2, 0.25) is 5.91 Å². The van der Waals surface area contributed by atoms with E-state index < -0.39 is 37.2 Å². The molecule has 0 spiro atoms. The van der Waals surface area contributed by atoms with Crippen molar-refractivity contribution >= 4 is 5.91 Å². The average Bonchev–Trinajstić information content (AvgIpc) is 2.75. The Balaban J connectivity index is 2.85. The lowest BCUT2D eigenvalue weighted by atomic mass is 9.86. The second kappa shape index (κ2) is 5.57. The predicted octanol–water partition coefficient (Wildman–Crippen LogP) is 1.45. The number of hydrogen-bond donors (Lipinski definition) is 1. The number of rotatable bonds is 4. The average molecular weight is 264 g/mol. The van der Waals surface area contributed by atoms with E-state index in [1.54, 1.807) is 0 Å². The number of aliphatic hydroxyl groups excluding tert-OH is 1. The van der Waals surface area contributed by atoms with Gasteiger partial charge < -0.3 is 10.0 Å². The van der Waals surface area contributed by atoms with Crippen LogP contribution in [0.4, 0.5) is 13.2 Å². The molecule has 0 heterocycles. The Morgan fingerprint density at radius 2 is 1.94 bits per heavy atom. The smallest absolute Gasteiger partial charge is 0.395 e. The van der Waals surface area contributed by atoms with Gasteiger partial charge in [0.05, 0.1) is 12.7 Å². The summed E-state index contributed by atoms with van der Waals surface area (Å²) >= 11 is 0. The maximum Gasteiger partial charge on any atom is 0.406 e. The quantitative estimate of drug-likeness (QED) is 0.836. The summed E-state index contributed by atoms with van der Waals surface area (Å²) in [6.45, 7) is -2.37. The van der Waals surface area contributed by atoms with Gasteiger partial charge in [-0.25, -0.2) is 0 Å². The van der Waals surface area contributed by atoms with E-state index in [0.29, 0.717) is 30.6 Å². The molecule has 0 unspecified atom stereocenters. The Labute approximate surface area is 103 Å². The number of amides is 1. The van der Waals surface area contributed by atoms with Crippen LogP contribution >= 0.6 is 0 Å². The highest BCUT2D eigenvalue weighted by Crippen LogP contribution is 2.39. The van der Waals surface area contributed by atoms with Crippen molar-refractivity contribution in [1.82, 2.24) is 4.90 Å². The highest BCUT2D eigenvalue weighted by Gasteiger charge is 2.46. The van der Waals surface area contributed by atoms with E-state index in [0.717, 1.165) is 0 Å². The van der Waals surface area contributed by atoms with Crippen molar-refractivity contribution in [3.63, 3.8) is 0 Å². The summed E-state index contributed by atoms with van der Waals surface area (Å²) < 4.78 is 37.0. The van der Waals surface area contributed by atoms with Crippen molar-refractivity contribution in [3.8, 4) is 6.07 Å². The summed E-state index contributed by atoms with van der Waals surface area (Å²) in [7, 11) is 0. The number of carbonyl (C=O) groups excluding carboxylic acids is 1. The second-order valence-corrected chi connectivity index (χ2v) is 4.47. The molecule has 0 radical (unpaired) electrons. The minimum absolute atomic E-state index is 0.294. The first-order valence-electron chi connectivity index (χ1n) is 5.73. The van der Waals surface area contributed by atoms with Crippen LogP contribution in [-0.2, 0) is 4.79 Å². The van der Waals surface area contributed by atoms with E-state index in [2.05, 4.69) is 0 Å². The van der Waals surface area contributed by atoms with E-state index >= 15 is 0 Å². The molecule has 1 aliphatic rings. The molecule has 18 heavy (non-hydrogen) atoms. The molecule has 0 aromatic rings. The Hall–Kier alpha value is -1.29. The van der Waals surface area contributed by atoms with Crippen molar-refractivity contribution in [2.75, 3.05) is 19.7 Å². The van der Waals surface area contributed by atoms with Crippen LogP contribution in [-0.4, -0.2) is 41.8 Å². The van der Waals surface area contributed by atoms with Crippen LogP contribution in [0.3, 0.4) is 0 Å². The van der Waals surface area contributed by atoms with Crippen molar-refractivity contribution in [2.45, 2.75) is 31.9 Å². The molecule has 0 aromatic carbocycles. The Bertz CT molecular complexity index is 343. The lowest BCUT2D eigenvalue weighted by Crippen LogP contribution is -2.47. The number of hydrogen-bond acceptors (Lipinski definition) is 3. The molecular weight excluding hydrogens is 249 g/mol. The van der Waals surface area contributed by atoms with Gasteiger partial charge in [-0.3, -0.25) is 4.79 Å². The normalized spacial score (nSPS) is 18.4. The molecule has 0 aliphatic heterocycles. The zero-order valence-electron chi connectivity index (χ0n) is 9.83. The monoisotopic (exact) mass is 264 g/mol. The van der Waals surface area contributed by atoms with Crippen LogP contribution in [0.25, 0.3) is 0 Å². The van der Waals surface area contributed by atoms with Crippen LogP contribution in [0.1, 0.15) is 25.7 Å². The Morgan fingerprint density at radius 3 is 2.33 bits per heavy atom. The molecule has 1 aliphatic carbocycles. The molecule has 1 rings (SSSR count). The molecule has 1 saturated carbocycles. The standard InChI is InChI=1S/C11H15F3N2O2/c12-11(13,14)8-16(5-6-17)9(18)10(7-15)3-1-2-4-10/h17H,1-6,8H2. The number of alkyl halides is 3. The number of halogens is 3. The van der Waals surface area contributed by atoms with Crippen LogP contribution in [0.2, 0.25) is 0 Å². The van der Waals surface area contributed by atoms with E-state index in [1.165, 1.54) is 0 Å². The van der Waals surface area contributed by atoms with E-state index in [-0.39, 0.29) is 0 Å². The summed E-state index contributed by atoms with van der Waals surface area (Å²) in [5.41, 5.74) is -1.33. The molecule has 1 fully saturated rings. The predicted molar refractivity (Wildman–Crippen MR) is 56.2 cm³/mol. The molecule has 102 valence electrons. The minimum atomic E-state index is -4.53. The van der Waals surface area contributed by atoms with Crippen molar-refractivity contribution in [1.29, 1.82) is 5.26 Å². The zero-order valence-corrected chi connectivity index (χ0v) is 9.83. The summed E-state index contributed by atoms with van der Waals surface area (Å²) in [5, 5.41) is 17.8. The van der Waals surface area contributed by atoms with Gasteiger partial charge in [-0.15, -0.1) is 0 Å². The Morgan fingerprint density at radius 1 is 1.39 bits per heavy atom. The third-order valence-electron chi connectivity index (χ3n) is 3.11. The van der Waals surface area contributed by atoms with E-state index in [1.807, 2.05) is 6.07 Å². The zero-order chi connectivity index (χ0) is 13.8. The lowest BCUT2D eigenvalue weighted by Gasteiger charge is -2.29. The first-order chi connectivity index (χ1) is 8.34. The van der Waals surface area contributed by atoms with Gasteiger partial charge in [0.25, 0.3) is 0 Å². The SMILES string of the molecule is N#CC1(C(=O)N(CCO)CC(F)(F)F)CCCC1. The molecule has 1 amide bonds. The summed E-state index contributed by atoms with van der Waals surface area (Å²) in [4.78, 5) is 12.6. The molecular formula is C11H15F3N2O2. The molecule has 1 N–H and O–H groups in total. The molecule has 0 atom stereocenters. The van der Waals surface area contributed by atoms with Crippen LogP contribution < -0.4 is 0 Å². The van der Waals surface area contributed by atoms with Gasteiger partial charge in [-0.05, 0) is 12.8 Å². The third kappa shape index (κ3) is 3.35. The first-order valence-corrected chi connectivity index (χ1v) is 5.73. The molecule has 0 aromatic heterocycles. The fraction of sp³-hybridized carbons (Fsp3) is 0.818. The van der Waals surface area contributed by atoms with Gasteiger partial charge in [0.1, 0.15) is 12.0 Å². The largest absolute Gasteiger partial charge is 0.406 e. The topological polar surface area (TPSA) is 64.3 Å². The van der Waals surface area contributed by atoms with Gasteiger partial charge in [0, 0.05) is 6.54 Å². The lowest BCUT2D eigenvalue weighted by molar-refractivity contribution is -0.166. The number of aliphatic hydroxyl groups is 1. The second-order valence-electron chi connectivity index (χ2n) is 4.47. The first kappa shape index (κ1) is 14.8. The van der Waals surface area contributed by atoms with Gasteiger partial charge in [0.15, 0.2) is 0 Å². The van der Waals surface area contributed by atoms with Crippen LogP contribution in [0.15, 0.2) is 0 Å². The number of nitrogens with zero attached hydrogens (tertiary/aromatic N) is 2. The fourth-order valence-corrected chi connectivity index (χ4v) is 2.24. The maximum atomic E-state index is 12.3. The highest BCUT2D eigenvalue weighted by molar-refractivity contribution is 5.85. The molecule has 0 bridgehead atoms. The maximum absolute atomic E-state index is 12.3. The van der Waals surface area contributed by atoms with Gasteiger partial charge in [-0.1, -0.05) is 12.8 Å². The minimum Gasteiger partial charge on any atom is -0.395 e. The van der Waals surface area contributed by atoms with Crippen molar-refractivity contribution in [2.24, 2.45) is 5.41 Å². The molecule has 7 heteroatoms. The number of nitriles is 1. The summed E-state index contributed by atoms with van der Waals surface area (Å²) in [6.07, 6.45) is -2.61. The van der Waals surface area contributed by atoms with Crippen LogP contribution in [0, 0.1) is 16.7 Å². The summed E-state index contributed by atoms with van der Waals surface area (Å²) in [6, 6.07) is 1.86. The molecule has 0 saturated heterocycles. The van der Waals surface area contributed by atoms with E-state index in [9.17, 15) is 18.0 Å². The van der Waals surface area contributed by atoms with Gasteiger partial charge >= 0.3 is 6.18 Å². The van der Waals surface area contributed by atoms with Crippen molar-refractivity contribution in [3.05, 3.63) is 0 Å².